The van der Waals surface area contributed by atoms with Crippen LogP contribution < -0.4 is 43.3 Å². The standard InChI is InChI=1S/C20H26ClN5O3.C20H27N5O3/c1-14(2)25-29-12-11-22-17(27)13-26-15(3)18(21)24-19(20(26)28)23-10-9-16-7-5-4-6-8-16;1-15(2)24-28-12-11-21-18(26)14-25-16(3)13-23-19(20(25)27)22-10-9-17-7-5-4-6-8-17/h4-8,25H,1,9-13H2,2-3H3,(H,22,27)(H,23,24);4-8,13,24H,1,9-12,14H2,2-3H3,(H,21,26)(H,22,23). The maximum absolute atomic E-state index is 12.7. The number of hydrogen-bond acceptors (Lipinski definition) is 12. The van der Waals surface area contributed by atoms with E-state index in [4.69, 9.17) is 21.3 Å². The molecule has 4 rings (SSSR count). The topological polar surface area (TPSA) is 195 Å². The molecule has 4 aromatic rings. The Hall–Kier alpha value is -5.97. The van der Waals surface area contributed by atoms with Gasteiger partial charge >= 0.3 is 0 Å². The minimum atomic E-state index is -0.393. The maximum Gasteiger partial charge on any atom is 0.294 e. The summed E-state index contributed by atoms with van der Waals surface area (Å²) in [7, 11) is 0. The molecule has 6 N–H and O–H groups in total. The maximum atomic E-state index is 12.7. The summed E-state index contributed by atoms with van der Waals surface area (Å²) in [6.45, 7) is 16.2. The molecule has 0 aliphatic rings. The molecular formula is C40H53ClN10O6. The van der Waals surface area contributed by atoms with Crippen molar-refractivity contribution in [3.63, 3.8) is 0 Å². The molecule has 2 heterocycles. The number of aromatic nitrogens is 4. The predicted octanol–water partition coefficient (Wildman–Crippen LogP) is 3.41. The first-order valence-corrected chi connectivity index (χ1v) is 18.7. The number of rotatable bonds is 22. The van der Waals surface area contributed by atoms with Gasteiger partial charge in [0.05, 0.1) is 18.9 Å². The van der Waals surface area contributed by atoms with E-state index in [0.29, 0.717) is 42.4 Å². The minimum Gasteiger partial charge on any atom is -0.365 e. The van der Waals surface area contributed by atoms with Crippen LogP contribution in [-0.2, 0) is 45.2 Å². The summed E-state index contributed by atoms with van der Waals surface area (Å²) in [6, 6.07) is 19.9. The quantitative estimate of drug-likeness (QED) is 0.0502. The number of carbonyl (C=O) groups is 2. The molecule has 2 amide bonds. The van der Waals surface area contributed by atoms with E-state index in [1.54, 1.807) is 33.9 Å². The number of hydrogen-bond donors (Lipinski definition) is 6. The zero-order valence-electron chi connectivity index (χ0n) is 33.0. The lowest BCUT2D eigenvalue weighted by molar-refractivity contribution is -0.122. The number of allylic oxidation sites excluding steroid dienone is 2. The van der Waals surface area contributed by atoms with Gasteiger partial charge in [-0.2, -0.15) is 0 Å². The van der Waals surface area contributed by atoms with Crippen molar-refractivity contribution in [1.82, 2.24) is 40.7 Å². The summed E-state index contributed by atoms with van der Waals surface area (Å²) in [5.41, 5.74) is 9.20. The number of anilines is 2. The number of benzene rings is 2. The zero-order chi connectivity index (χ0) is 41.6. The highest BCUT2D eigenvalue weighted by Gasteiger charge is 2.15. The highest BCUT2D eigenvalue weighted by atomic mass is 35.5. The summed E-state index contributed by atoms with van der Waals surface area (Å²) >= 11 is 6.17. The van der Waals surface area contributed by atoms with Gasteiger partial charge in [0.1, 0.15) is 13.1 Å². The third-order valence-corrected chi connectivity index (χ3v) is 8.22. The van der Waals surface area contributed by atoms with Crippen LogP contribution in [0, 0.1) is 13.8 Å². The molecule has 0 saturated carbocycles. The molecule has 57 heavy (non-hydrogen) atoms. The van der Waals surface area contributed by atoms with Crippen LogP contribution in [0.4, 0.5) is 11.6 Å². The van der Waals surface area contributed by atoms with E-state index in [-0.39, 0.29) is 67.0 Å². The third-order valence-electron chi connectivity index (χ3n) is 7.86. The highest BCUT2D eigenvalue weighted by molar-refractivity contribution is 6.30. The second-order valence-electron chi connectivity index (χ2n) is 12.9. The van der Waals surface area contributed by atoms with Gasteiger partial charge in [0, 0.05) is 49.5 Å². The lowest BCUT2D eigenvalue weighted by Crippen LogP contribution is -2.36. The van der Waals surface area contributed by atoms with Crippen LogP contribution in [0.5, 0.6) is 0 Å². The average Bonchev–Trinajstić information content (AvgIpc) is 3.18. The number of nitrogens with one attached hydrogen (secondary N) is 6. The molecule has 0 aliphatic heterocycles. The Balaban J connectivity index is 0.000000306. The van der Waals surface area contributed by atoms with Gasteiger partial charge in [-0.3, -0.25) is 48.9 Å². The van der Waals surface area contributed by atoms with Gasteiger partial charge in [-0.1, -0.05) is 85.4 Å². The van der Waals surface area contributed by atoms with Crippen molar-refractivity contribution in [3.05, 3.63) is 140 Å². The molecule has 306 valence electrons. The summed E-state index contributed by atoms with van der Waals surface area (Å²) in [4.78, 5) is 68.1. The minimum absolute atomic E-state index is 0.0749. The Morgan fingerprint density at radius 3 is 1.65 bits per heavy atom. The number of halogens is 1. The molecule has 0 atom stereocenters. The molecule has 0 unspecified atom stereocenters. The number of amides is 2. The smallest absolute Gasteiger partial charge is 0.294 e. The molecule has 16 nitrogen and oxygen atoms in total. The first-order chi connectivity index (χ1) is 27.3. The molecule has 0 saturated heterocycles. The van der Waals surface area contributed by atoms with Gasteiger partial charge in [0.15, 0.2) is 16.8 Å². The van der Waals surface area contributed by atoms with Gasteiger partial charge in [-0.25, -0.2) is 9.97 Å². The van der Waals surface area contributed by atoms with Gasteiger partial charge in [-0.05, 0) is 51.7 Å². The third kappa shape index (κ3) is 16.7. The molecule has 0 spiro atoms. The molecular weight excluding hydrogens is 752 g/mol. The van der Waals surface area contributed by atoms with Crippen molar-refractivity contribution in [2.45, 2.75) is 53.6 Å². The van der Waals surface area contributed by atoms with Crippen molar-refractivity contribution in [1.29, 1.82) is 0 Å². The summed E-state index contributed by atoms with van der Waals surface area (Å²) in [6.07, 6.45) is 3.08. The number of hydroxylamine groups is 2. The Labute approximate surface area is 337 Å². The fourth-order valence-electron chi connectivity index (χ4n) is 4.98. The largest absolute Gasteiger partial charge is 0.365 e. The summed E-state index contributed by atoms with van der Waals surface area (Å²) < 4.78 is 2.71. The van der Waals surface area contributed by atoms with Gasteiger partial charge in [0.2, 0.25) is 11.8 Å². The van der Waals surface area contributed by atoms with Crippen molar-refractivity contribution in [2.24, 2.45) is 0 Å². The zero-order valence-corrected chi connectivity index (χ0v) is 33.7. The Morgan fingerprint density at radius 1 is 0.702 bits per heavy atom. The normalized spacial score (nSPS) is 10.4. The highest BCUT2D eigenvalue weighted by Crippen LogP contribution is 2.12. The van der Waals surface area contributed by atoms with E-state index in [1.165, 1.54) is 14.7 Å². The van der Waals surface area contributed by atoms with Gasteiger partial charge in [-0.15, -0.1) is 0 Å². The van der Waals surface area contributed by atoms with Crippen LogP contribution in [0.25, 0.3) is 0 Å². The van der Waals surface area contributed by atoms with E-state index in [1.807, 2.05) is 60.7 Å². The molecule has 0 aliphatic carbocycles. The molecule has 0 fully saturated rings. The fourth-order valence-corrected chi connectivity index (χ4v) is 5.17. The van der Waals surface area contributed by atoms with Crippen LogP contribution in [0.15, 0.2) is 101 Å². The molecule has 0 bridgehead atoms. The Kier molecular flexibility index (Phi) is 19.5. The molecule has 2 aromatic heterocycles. The van der Waals surface area contributed by atoms with E-state index >= 15 is 0 Å². The van der Waals surface area contributed by atoms with Crippen LogP contribution in [0.3, 0.4) is 0 Å². The number of carbonyl (C=O) groups excluding carboxylic acids is 2. The van der Waals surface area contributed by atoms with Crippen molar-refractivity contribution >= 4 is 35.1 Å². The Bertz CT molecular complexity index is 2040. The SMILES string of the molecule is C=C(C)NOCCNC(=O)Cn1c(C)c(Cl)nc(NCCc2ccccc2)c1=O.C=C(C)NOCCNC(=O)Cn1c(C)cnc(NCCc2ccccc2)c1=O. The van der Waals surface area contributed by atoms with Crippen molar-refractivity contribution < 1.29 is 19.3 Å². The van der Waals surface area contributed by atoms with E-state index < -0.39 is 5.56 Å². The lowest BCUT2D eigenvalue weighted by atomic mass is 10.1. The van der Waals surface area contributed by atoms with Gasteiger partial charge < -0.3 is 21.3 Å². The van der Waals surface area contributed by atoms with Gasteiger partial charge in [0.25, 0.3) is 11.1 Å². The lowest BCUT2D eigenvalue weighted by Gasteiger charge is -2.14. The fraction of sp³-hybridized carbons (Fsp3) is 0.350. The second kappa shape index (κ2) is 24.5. The van der Waals surface area contributed by atoms with Crippen LogP contribution >= 0.6 is 11.6 Å². The molecule has 2 aromatic carbocycles. The number of aryl methyl sites for hydroxylation is 1. The van der Waals surface area contributed by atoms with Crippen molar-refractivity contribution in [2.75, 3.05) is 50.0 Å². The summed E-state index contributed by atoms with van der Waals surface area (Å²) in [5.74, 6) is -0.237. The average molecular weight is 805 g/mol. The summed E-state index contributed by atoms with van der Waals surface area (Å²) in [5, 5.41) is 11.6. The Morgan fingerprint density at radius 2 is 1.16 bits per heavy atom. The van der Waals surface area contributed by atoms with E-state index in [9.17, 15) is 19.2 Å². The van der Waals surface area contributed by atoms with Crippen molar-refractivity contribution in [3.8, 4) is 0 Å². The van der Waals surface area contributed by atoms with E-state index in [2.05, 4.69) is 55.4 Å². The molecule has 17 heteroatoms. The predicted molar refractivity (Wildman–Crippen MR) is 223 cm³/mol. The van der Waals surface area contributed by atoms with Crippen LogP contribution in [-0.4, -0.2) is 70.3 Å². The number of nitrogens with zero attached hydrogens (tertiary/aromatic N) is 4. The van der Waals surface area contributed by atoms with Crippen LogP contribution in [0.1, 0.15) is 36.4 Å². The second-order valence-corrected chi connectivity index (χ2v) is 13.2. The first-order valence-electron chi connectivity index (χ1n) is 18.3. The monoisotopic (exact) mass is 804 g/mol. The van der Waals surface area contributed by atoms with Crippen LogP contribution in [0.2, 0.25) is 5.15 Å². The first kappa shape index (κ1) is 45.4. The van der Waals surface area contributed by atoms with E-state index in [0.717, 1.165) is 18.4 Å². The molecule has 0 radical (unpaired) electrons.